The molecule has 1 aromatic rings. The van der Waals surface area contributed by atoms with Gasteiger partial charge in [-0.3, -0.25) is 4.79 Å². The van der Waals surface area contributed by atoms with Gasteiger partial charge in [-0.15, -0.1) is 0 Å². The average molecular weight is 312 g/mol. The molecule has 0 saturated carbocycles. The molecule has 5 heteroatoms. The lowest BCUT2D eigenvalue weighted by molar-refractivity contribution is -0.123. The quantitative estimate of drug-likeness (QED) is 0.892. The molecule has 4 nitrogen and oxygen atoms in total. The van der Waals surface area contributed by atoms with Gasteiger partial charge in [0.05, 0.1) is 0 Å². The Morgan fingerprint density at radius 2 is 2.33 bits per heavy atom. The van der Waals surface area contributed by atoms with E-state index in [1.807, 2.05) is 25.1 Å². The first-order chi connectivity index (χ1) is 8.67. The molecule has 0 aliphatic carbocycles. The lowest BCUT2D eigenvalue weighted by Crippen LogP contribution is -2.55. The molecule has 0 radical (unpaired) electrons. The molecule has 1 fully saturated rings. The number of halogens is 1. The van der Waals surface area contributed by atoms with Crippen molar-refractivity contribution in [3.63, 3.8) is 0 Å². The summed E-state index contributed by atoms with van der Waals surface area (Å²) in [5, 5.41) is 2.91. The van der Waals surface area contributed by atoms with Crippen LogP contribution in [-0.2, 0) is 11.3 Å². The molecule has 1 heterocycles. The normalized spacial score (nSPS) is 19.8. The average Bonchev–Trinajstić information content (AvgIpc) is 2.38. The smallest absolute Gasteiger partial charge is 0.242 e. The van der Waals surface area contributed by atoms with E-state index in [1.165, 1.54) is 0 Å². The van der Waals surface area contributed by atoms with Crippen molar-refractivity contribution in [1.29, 1.82) is 0 Å². The van der Waals surface area contributed by atoms with Crippen molar-refractivity contribution in [2.75, 3.05) is 18.0 Å². The second-order valence-electron chi connectivity index (χ2n) is 4.39. The highest BCUT2D eigenvalue weighted by atomic mass is 79.9. The van der Waals surface area contributed by atoms with Crippen molar-refractivity contribution in [3.05, 3.63) is 28.2 Å². The highest BCUT2D eigenvalue weighted by Gasteiger charge is 2.29. The third-order valence-electron chi connectivity index (χ3n) is 3.29. The maximum atomic E-state index is 11.9. The van der Waals surface area contributed by atoms with Gasteiger partial charge in [0.15, 0.2) is 0 Å². The number of hydrogen-bond donors (Lipinski definition) is 2. The van der Waals surface area contributed by atoms with Gasteiger partial charge in [-0.25, -0.2) is 0 Å². The number of piperazine rings is 1. The minimum atomic E-state index is -0.0988. The molecule has 0 spiro atoms. The Hall–Kier alpha value is -1.07. The number of nitrogens with two attached hydrogens (primary N) is 1. The van der Waals surface area contributed by atoms with Gasteiger partial charge in [0.25, 0.3) is 0 Å². The van der Waals surface area contributed by atoms with E-state index in [1.54, 1.807) is 0 Å². The molecule has 0 aromatic heterocycles. The number of anilines is 1. The minimum Gasteiger partial charge on any atom is -0.357 e. The third kappa shape index (κ3) is 2.52. The Labute approximate surface area is 116 Å². The Bertz CT molecular complexity index is 450. The molecule has 1 aliphatic heterocycles. The molecular weight excluding hydrogens is 294 g/mol. The zero-order valence-corrected chi connectivity index (χ0v) is 12.0. The van der Waals surface area contributed by atoms with E-state index >= 15 is 0 Å². The van der Waals surface area contributed by atoms with E-state index < -0.39 is 0 Å². The van der Waals surface area contributed by atoms with Gasteiger partial charge < -0.3 is 16.0 Å². The number of rotatable bonds is 3. The van der Waals surface area contributed by atoms with Gasteiger partial charge in [0, 0.05) is 29.8 Å². The molecule has 1 saturated heterocycles. The van der Waals surface area contributed by atoms with E-state index in [0.717, 1.165) is 28.7 Å². The Morgan fingerprint density at radius 1 is 1.56 bits per heavy atom. The largest absolute Gasteiger partial charge is 0.357 e. The zero-order chi connectivity index (χ0) is 13.1. The molecule has 1 aromatic carbocycles. The van der Waals surface area contributed by atoms with E-state index in [9.17, 15) is 4.79 Å². The Balaban J connectivity index is 2.39. The maximum absolute atomic E-state index is 11.9. The number of nitrogens with zero attached hydrogens (tertiary/aromatic N) is 1. The number of carbonyl (C=O) groups is 1. The summed E-state index contributed by atoms with van der Waals surface area (Å²) in [6.07, 6.45) is 0.794. The molecule has 1 atom stereocenters. The fourth-order valence-corrected chi connectivity index (χ4v) is 2.73. The van der Waals surface area contributed by atoms with Gasteiger partial charge in [-0.05, 0) is 24.1 Å². The van der Waals surface area contributed by atoms with Crippen LogP contribution in [-0.4, -0.2) is 25.0 Å². The first-order valence-electron chi connectivity index (χ1n) is 6.20. The second-order valence-corrected chi connectivity index (χ2v) is 5.30. The lowest BCUT2D eigenvalue weighted by atomic mass is 10.1. The predicted molar refractivity (Wildman–Crippen MR) is 76.5 cm³/mol. The number of amides is 1. The number of nitrogens with one attached hydrogen (secondary N) is 1. The number of carbonyl (C=O) groups excluding carboxylic acids is 1. The van der Waals surface area contributed by atoms with E-state index in [0.29, 0.717) is 13.1 Å². The highest BCUT2D eigenvalue weighted by Crippen LogP contribution is 2.28. The summed E-state index contributed by atoms with van der Waals surface area (Å²) in [5.41, 5.74) is 7.93. The van der Waals surface area contributed by atoms with Crippen LogP contribution >= 0.6 is 15.9 Å². The fourth-order valence-electron chi connectivity index (χ4n) is 2.39. The fraction of sp³-hybridized carbons (Fsp3) is 0.462. The molecule has 1 aliphatic rings. The van der Waals surface area contributed by atoms with Crippen molar-refractivity contribution < 1.29 is 4.79 Å². The van der Waals surface area contributed by atoms with Crippen LogP contribution in [0.2, 0.25) is 0 Å². The zero-order valence-electron chi connectivity index (χ0n) is 10.4. The van der Waals surface area contributed by atoms with Crippen LogP contribution in [0.25, 0.3) is 0 Å². The summed E-state index contributed by atoms with van der Waals surface area (Å²) in [4.78, 5) is 14.1. The van der Waals surface area contributed by atoms with E-state index in [-0.39, 0.29) is 11.9 Å². The van der Waals surface area contributed by atoms with Gasteiger partial charge in [-0.2, -0.15) is 0 Å². The first-order valence-corrected chi connectivity index (χ1v) is 6.99. The highest BCUT2D eigenvalue weighted by molar-refractivity contribution is 9.10. The predicted octanol–water partition coefficient (Wildman–Crippen LogP) is 1.62. The number of benzene rings is 1. The van der Waals surface area contributed by atoms with Crippen LogP contribution in [0.1, 0.15) is 18.9 Å². The molecule has 3 N–H and O–H groups in total. The molecule has 18 heavy (non-hydrogen) atoms. The molecular formula is C13H18BrN3O. The topological polar surface area (TPSA) is 58.4 Å². The summed E-state index contributed by atoms with van der Waals surface area (Å²) in [6, 6.07) is 5.94. The van der Waals surface area contributed by atoms with Crippen molar-refractivity contribution in [2.45, 2.75) is 25.9 Å². The first kappa shape index (κ1) is 13.4. The molecule has 0 bridgehead atoms. The monoisotopic (exact) mass is 311 g/mol. The third-order valence-corrected chi connectivity index (χ3v) is 3.79. The standard InChI is InChI=1S/C13H18BrN3O/c1-2-11-13(18)16-5-6-17(11)12-7-10(14)4-3-9(12)8-15/h3-4,7,11H,2,5-6,8,15H2,1H3,(H,16,18). The van der Waals surface area contributed by atoms with Gasteiger partial charge in [0.2, 0.25) is 5.91 Å². The van der Waals surface area contributed by atoms with Crippen molar-refractivity contribution in [3.8, 4) is 0 Å². The van der Waals surface area contributed by atoms with Gasteiger partial charge in [-0.1, -0.05) is 28.9 Å². The minimum absolute atomic E-state index is 0.0988. The van der Waals surface area contributed by atoms with Crippen LogP contribution in [0, 0.1) is 0 Å². The van der Waals surface area contributed by atoms with Crippen LogP contribution in [0.15, 0.2) is 22.7 Å². The Kier molecular flexibility index (Phi) is 4.24. The van der Waals surface area contributed by atoms with Crippen molar-refractivity contribution in [1.82, 2.24) is 5.32 Å². The SMILES string of the molecule is CCC1C(=O)NCCN1c1cc(Br)ccc1CN. The summed E-state index contributed by atoms with van der Waals surface area (Å²) in [5.74, 6) is 0.103. The summed E-state index contributed by atoms with van der Waals surface area (Å²) in [6.45, 7) is 4.03. The molecule has 2 rings (SSSR count). The van der Waals surface area contributed by atoms with Gasteiger partial charge in [0.1, 0.15) is 6.04 Å². The van der Waals surface area contributed by atoms with Crippen LogP contribution in [0.5, 0.6) is 0 Å². The van der Waals surface area contributed by atoms with E-state index in [4.69, 9.17) is 5.73 Å². The molecule has 1 amide bonds. The number of hydrogen-bond acceptors (Lipinski definition) is 3. The second kappa shape index (κ2) is 5.71. The molecule has 1 unspecified atom stereocenters. The van der Waals surface area contributed by atoms with E-state index in [2.05, 4.69) is 26.1 Å². The summed E-state index contributed by atoms with van der Waals surface area (Å²) < 4.78 is 1.01. The maximum Gasteiger partial charge on any atom is 0.242 e. The lowest BCUT2D eigenvalue weighted by Gasteiger charge is -2.37. The molecule has 98 valence electrons. The van der Waals surface area contributed by atoms with Crippen molar-refractivity contribution >= 4 is 27.5 Å². The van der Waals surface area contributed by atoms with Crippen molar-refractivity contribution in [2.24, 2.45) is 5.73 Å². The summed E-state index contributed by atoms with van der Waals surface area (Å²) in [7, 11) is 0. The Morgan fingerprint density at radius 3 is 3.00 bits per heavy atom. The van der Waals surface area contributed by atoms with Gasteiger partial charge >= 0.3 is 0 Å². The van der Waals surface area contributed by atoms with Crippen LogP contribution in [0.3, 0.4) is 0 Å². The summed E-state index contributed by atoms with van der Waals surface area (Å²) >= 11 is 3.48. The van der Waals surface area contributed by atoms with Crippen LogP contribution in [0.4, 0.5) is 5.69 Å². The van der Waals surface area contributed by atoms with Crippen LogP contribution < -0.4 is 16.0 Å².